The van der Waals surface area contributed by atoms with E-state index in [1.165, 1.54) is 38.5 Å². The second-order valence-corrected chi connectivity index (χ2v) is 6.10. The Morgan fingerprint density at radius 2 is 2.00 bits per heavy atom. The quantitative estimate of drug-likeness (QED) is 0.866. The number of hydrogen-bond acceptors (Lipinski definition) is 5. The maximum absolute atomic E-state index is 5.47. The van der Waals surface area contributed by atoms with E-state index in [9.17, 15) is 0 Å². The van der Waals surface area contributed by atoms with Crippen LogP contribution < -0.4 is 10.2 Å². The Hall–Kier alpha value is -1.10. The molecule has 2 fully saturated rings. The summed E-state index contributed by atoms with van der Waals surface area (Å²) in [6, 6.07) is 0.495. The molecule has 1 aliphatic heterocycles. The summed E-state index contributed by atoms with van der Waals surface area (Å²) < 4.78 is 5.47. The minimum Gasteiger partial charge on any atom is -0.338 e. The van der Waals surface area contributed by atoms with Crippen LogP contribution in [0.3, 0.4) is 0 Å². The first kappa shape index (κ1) is 13.9. The number of nitrogens with one attached hydrogen (secondary N) is 1. The molecule has 0 spiro atoms. The van der Waals surface area contributed by atoms with Crippen molar-refractivity contribution in [3.05, 3.63) is 5.89 Å². The van der Waals surface area contributed by atoms with Gasteiger partial charge in [0.1, 0.15) is 0 Å². The average molecular weight is 278 g/mol. The minimum atomic E-state index is 0.495. The van der Waals surface area contributed by atoms with Crippen molar-refractivity contribution in [3.63, 3.8) is 0 Å². The summed E-state index contributed by atoms with van der Waals surface area (Å²) in [7, 11) is 0. The van der Waals surface area contributed by atoms with E-state index in [0.717, 1.165) is 43.8 Å². The van der Waals surface area contributed by atoms with Crippen LogP contribution in [0.1, 0.15) is 51.3 Å². The Labute approximate surface area is 121 Å². The third kappa shape index (κ3) is 3.14. The zero-order chi connectivity index (χ0) is 13.8. The van der Waals surface area contributed by atoms with Crippen LogP contribution in [-0.2, 0) is 6.42 Å². The lowest BCUT2D eigenvalue weighted by Gasteiger charge is -2.22. The highest BCUT2D eigenvalue weighted by atomic mass is 16.5. The number of aromatic nitrogens is 2. The second-order valence-electron chi connectivity index (χ2n) is 6.10. The van der Waals surface area contributed by atoms with Crippen LogP contribution in [0.5, 0.6) is 0 Å². The summed E-state index contributed by atoms with van der Waals surface area (Å²) in [4.78, 5) is 6.82. The molecule has 0 aromatic carbocycles. The van der Waals surface area contributed by atoms with Gasteiger partial charge in [-0.05, 0) is 43.3 Å². The van der Waals surface area contributed by atoms with E-state index < -0.39 is 0 Å². The third-order valence-electron chi connectivity index (χ3n) is 4.68. The van der Waals surface area contributed by atoms with Crippen LogP contribution in [0.15, 0.2) is 4.52 Å². The van der Waals surface area contributed by atoms with Crippen molar-refractivity contribution in [3.8, 4) is 0 Å². The lowest BCUT2D eigenvalue weighted by atomic mass is 9.95. The van der Waals surface area contributed by atoms with Gasteiger partial charge in [0.05, 0.1) is 0 Å². The van der Waals surface area contributed by atoms with Crippen molar-refractivity contribution in [2.75, 3.05) is 24.5 Å². The van der Waals surface area contributed by atoms with Crippen LogP contribution >= 0.6 is 0 Å². The van der Waals surface area contributed by atoms with Gasteiger partial charge in [-0.15, -0.1) is 0 Å². The van der Waals surface area contributed by atoms with Crippen molar-refractivity contribution >= 4 is 5.95 Å². The molecule has 1 atom stereocenters. The maximum atomic E-state index is 5.47. The third-order valence-corrected chi connectivity index (χ3v) is 4.68. The van der Waals surface area contributed by atoms with E-state index in [0.29, 0.717) is 6.04 Å². The molecule has 1 N–H and O–H groups in total. The smallest absolute Gasteiger partial charge is 0.266 e. The number of rotatable bonds is 6. The van der Waals surface area contributed by atoms with Gasteiger partial charge in [0.25, 0.3) is 5.95 Å². The van der Waals surface area contributed by atoms with Crippen LogP contribution in [0.2, 0.25) is 0 Å². The molecule has 2 heterocycles. The molecule has 5 nitrogen and oxygen atoms in total. The molecule has 1 aromatic heterocycles. The molecule has 0 bridgehead atoms. The molecule has 3 rings (SSSR count). The summed E-state index contributed by atoms with van der Waals surface area (Å²) in [6.07, 6.45) is 8.78. The molecule has 1 saturated carbocycles. The van der Waals surface area contributed by atoms with E-state index in [1.54, 1.807) is 0 Å². The molecule has 112 valence electrons. The zero-order valence-corrected chi connectivity index (χ0v) is 12.5. The lowest BCUT2D eigenvalue weighted by molar-refractivity contribution is 0.311. The Morgan fingerprint density at radius 3 is 2.70 bits per heavy atom. The zero-order valence-electron chi connectivity index (χ0n) is 12.5. The van der Waals surface area contributed by atoms with Gasteiger partial charge in [0.2, 0.25) is 5.89 Å². The second kappa shape index (κ2) is 6.57. The monoisotopic (exact) mass is 278 g/mol. The standard InChI is InChI=1S/C15H26N4O/c1-2-16-13(12-7-3-4-8-12)11-14-17-15(18-20-14)19-9-5-6-10-19/h12-13,16H,2-11H2,1H3. The fourth-order valence-electron chi connectivity index (χ4n) is 3.59. The molecule has 0 amide bonds. The van der Waals surface area contributed by atoms with E-state index in [-0.39, 0.29) is 0 Å². The van der Waals surface area contributed by atoms with E-state index >= 15 is 0 Å². The van der Waals surface area contributed by atoms with E-state index in [2.05, 4.69) is 27.3 Å². The molecule has 2 aliphatic rings. The first-order valence-corrected chi connectivity index (χ1v) is 8.17. The van der Waals surface area contributed by atoms with Gasteiger partial charge in [-0.1, -0.05) is 19.8 Å². The molecule has 0 radical (unpaired) electrons. The Kier molecular flexibility index (Phi) is 4.55. The van der Waals surface area contributed by atoms with Gasteiger partial charge in [0.15, 0.2) is 0 Å². The van der Waals surface area contributed by atoms with Gasteiger partial charge in [0, 0.05) is 25.6 Å². The average Bonchev–Trinajstić information content (AvgIpc) is 3.20. The number of likely N-dealkylation sites (N-methyl/N-ethyl adjacent to an activating group) is 1. The molecule has 1 unspecified atom stereocenters. The number of hydrogen-bond donors (Lipinski definition) is 1. The number of anilines is 1. The Bertz CT molecular complexity index is 408. The lowest BCUT2D eigenvalue weighted by Crippen LogP contribution is -2.37. The first-order chi connectivity index (χ1) is 9.86. The van der Waals surface area contributed by atoms with Crippen LogP contribution in [0, 0.1) is 5.92 Å². The topological polar surface area (TPSA) is 54.2 Å². The Balaban J connectivity index is 1.62. The molecule has 20 heavy (non-hydrogen) atoms. The largest absolute Gasteiger partial charge is 0.338 e. The predicted octanol–water partition coefficient (Wildman–Crippen LogP) is 2.38. The SMILES string of the molecule is CCNC(Cc1nc(N2CCCC2)no1)C1CCCC1. The highest BCUT2D eigenvalue weighted by molar-refractivity contribution is 5.28. The molecule has 1 aliphatic carbocycles. The van der Waals surface area contributed by atoms with Gasteiger partial charge in [-0.25, -0.2) is 0 Å². The summed E-state index contributed by atoms with van der Waals surface area (Å²) >= 11 is 0. The van der Waals surface area contributed by atoms with E-state index in [4.69, 9.17) is 4.52 Å². The first-order valence-electron chi connectivity index (χ1n) is 8.17. The predicted molar refractivity (Wildman–Crippen MR) is 78.9 cm³/mol. The number of nitrogens with zero attached hydrogens (tertiary/aromatic N) is 3. The summed E-state index contributed by atoms with van der Waals surface area (Å²) in [5.74, 6) is 2.36. The summed E-state index contributed by atoms with van der Waals surface area (Å²) in [5, 5.41) is 7.76. The van der Waals surface area contributed by atoms with Crippen molar-refractivity contribution in [1.29, 1.82) is 0 Å². The normalized spacial score (nSPS) is 21.8. The highest BCUT2D eigenvalue weighted by Crippen LogP contribution is 2.29. The van der Waals surface area contributed by atoms with Gasteiger partial charge < -0.3 is 14.7 Å². The van der Waals surface area contributed by atoms with Crippen molar-refractivity contribution in [1.82, 2.24) is 15.5 Å². The van der Waals surface area contributed by atoms with Gasteiger partial charge in [-0.2, -0.15) is 4.98 Å². The fraction of sp³-hybridized carbons (Fsp3) is 0.867. The fourth-order valence-corrected chi connectivity index (χ4v) is 3.59. The van der Waals surface area contributed by atoms with Crippen LogP contribution in [-0.4, -0.2) is 35.8 Å². The minimum absolute atomic E-state index is 0.495. The van der Waals surface area contributed by atoms with Crippen LogP contribution in [0.25, 0.3) is 0 Å². The van der Waals surface area contributed by atoms with Crippen LogP contribution in [0.4, 0.5) is 5.95 Å². The summed E-state index contributed by atoms with van der Waals surface area (Å²) in [5.41, 5.74) is 0. The van der Waals surface area contributed by atoms with Crippen molar-refractivity contribution in [2.24, 2.45) is 5.92 Å². The summed E-state index contributed by atoms with van der Waals surface area (Å²) in [6.45, 7) is 5.32. The maximum Gasteiger partial charge on any atom is 0.266 e. The van der Waals surface area contributed by atoms with E-state index in [1.807, 2.05) is 0 Å². The molecule has 1 saturated heterocycles. The van der Waals surface area contributed by atoms with Crippen molar-refractivity contribution < 1.29 is 4.52 Å². The molecule has 5 heteroatoms. The molecular weight excluding hydrogens is 252 g/mol. The Morgan fingerprint density at radius 1 is 1.25 bits per heavy atom. The molecular formula is C15H26N4O. The van der Waals surface area contributed by atoms with Gasteiger partial charge >= 0.3 is 0 Å². The highest BCUT2D eigenvalue weighted by Gasteiger charge is 2.27. The van der Waals surface area contributed by atoms with Gasteiger partial charge in [-0.3, -0.25) is 0 Å². The van der Waals surface area contributed by atoms with Crippen molar-refractivity contribution in [2.45, 2.75) is 57.9 Å². The molecule has 1 aromatic rings.